The Hall–Kier alpha value is -3.64. The van der Waals surface area contributed by atoms with Crippen molar-refractivity contribution in [1.82, 2.24) is 19.4 Å². The average molecular weight is 640 g/mol. The zero-order chi connectivity index (χ0) is 31.5. The number of benzene rings is 2. The van der Waals surface area contributed by atoms with Crippen molar-refractivity contribution in [2.75, 3.05) is 63.0 Å². The summed E-state index contributed by atoms with van der Waals surface area (Å²) in [6, 6.07) is 17.8. The van der Waals surface area contributed by atoms with Crippen LogP contribution in [0.3, 0.4) is 0 Å². The molecule has 2 aromatic rings. The highest BCUT2D eigenvalue weighted by molar-refractivity contribution is 8.02. The van der Waals surface area contributed by atoms with Crippen LogP contribution < -0.4 is 16.0 Å². The first-order chi connectivity index (χ1) is 21.1. The van der Waals surface area contributed by atoms with E-state index in [9.17, 15) is 28.1 Å². The molecule has 3 N–H and O–H groups in total. The van der Waals surface area contributed by atoms with Crippen LogP contribution in [0.4, 0.5) is 11.4 Å². The summed E-state index contributed by atoms with van der Waals surface area (Å²) in [5, 5.41) is 18.3. The predicted molar refractivity (Wildman–Crippen MR) is 168 cm³/mol. The third-order valence-corrected chi connectivity index (χ3v) is 11.9. The van der Waals surface area contributed by atoms with E-state index in [1.165, 1.54) is 16.1 Å². The molecular formula is C30H37N7O5S2. The number of amides is 3. The predicted octanol–water partition coefficient (Wildman–Crippen LogP) is 1.61. The summed E-state index contributed by atoms with van der Waals surface area (Å²) in [6.07, 6.45) is 0. The second-order valence-electron chi connectivity index (χ2n) is 10.9. The summed E-state index contributed by atoms with van der Waals surface area (Å²) in [4.78, 5) is 41.8. The lowest BCUT2D eigenvalue weighted by molar-refractivity contribution is -0.130. The molecule has 3 unspecified atom stereocenters. The van der Waals surface area contributed by atoms with Crippen molar-refractivity contribution in [3.05, 3.63) is 54.6 Å². The topological polar surface area (TPSA) is 155 Å². The van der Waals surface area contributed by atoms with Crippen LogP contribution in [0.2, 0.25) is 0 Å². The number of nitriles is 1. The van der Waals surface area contributed by atoms with E-state index in [-0.39, 0.29) is 29.2 Å². The molecule has 4 atom stereocenters. The summed E-state index contributed by atoms with van der Waals surface area (Å²) in [5.41, 5.74) is 1.30. The Bertz CT molecular complexity index is 1540. The first kappa shape index (κ1) is 31.8. The third kappa shape index (κ3) is 6.14. The largest absolute Gasteiger partial charge is 0.383 e. The molecule has 2 saturated heterocycles. The van der Waals surface area contributed by atoms with Crippen molar-refractivity contribution in [2.24, 2.45) is 11.8 Å². The SMILES string of the molecule is CCNC(=O)[C@H]1C(C#N)C12SC(CNc1cccc(NC(=O)CN3CCN(S(=O)(=O)c4ccccc4)CC3)c1)C(=O)N2CC. The van der Waals surface area contributed by atoms with Gasteiger partial charge in [0.25, 0.3) is 0 Å². The Labute approximate surface area is 262 Å². The Kier molecular flexibility index (Phi) is 9.50. The van der Waals surface area contributed by atoms with Crippen molar-refractivity contribution < 1.29 is 22.8 Å². The molecular weight excluding hydrogens is 603 g/mol. The highest BCUT2D eigenvalue weighted by Gasteiger charge is 2.77. The summed E-state index contributed by atoms with van der Waals surface area (Å²) in [5.74, 6) is -1.62. The van der Waals surface area contributed by atoms with Gasteiger partial charge >= 0.3 is 0 Å². The van der Waals surface area contributed by atoms with Crippen molar-refractivity contribution in [3.8, 4) is 6.07 Å². The first-order valence-electron chi connectivity index (χ1n) is 14.7. The number of hydrogen-bond acceptors (Lipinski definition) is 9. The van der Waals surface area contributed by atoms with E-state index in [0.29, 0.717) is 57.2 Å². The summed E-state index contributed by atoms with van der Waals surface area (Å²) in [7, 11) is -3.56. The molecule has 44 heavy (non-hydrogen) atoms. The number of carbonyl (C=O) groups excluding carboxylic acids is 3. The highest BCUT2D eigenvalue weighted by Crippen LogP contribution is 2.66. The van der Waals surface area contributed by atoms with Gasteiger partial charge in [0.05, 0.1) is 29.3 Å². The number of carbonyl (C=O) groups is 3. The molecule has 0 bridgehead atoms. The van der Waals surface area contributed by atoms with Gasteiger partial charge in [-0.2, -0.15) is 9.57 Å². The van der Waals surface area contributed by atoms with E-state index < -0.39 is 32.0 Å². The van der Waals surface area contributed by atoms with Gasteiger partial charge in [-0.15, -0.1) is 11.8 Å². The van der Waals surface area contributed by atoms with E-state index in [2.05, 4.69) is 22.0 Å². The molecule has 1 spiro atoms. The quantitative estimate of drug-likeness (QED) is 0.333. The van der Waals surface area contributed by atoms with Gasteiger partial charge in [0, 0.05) is 57.2 Å². The van der Waals surface area contributed by atoms with Crippen molar-refractivity contribution in [3.63, 3.8) is 0 Å². The van der Waals surface area contributed by atoms with Crippen LogP contribution in [-0.4, -0.2) is 103 Å². The Morgan fingerprint density at radius 1 is 1.05 bits per heavy atom. The van der Waals surface area contributed by atoms with Gasteiger partial charge in [-0.25, -0.2) is 8.42 Å². The number of hydrogen-bond donors (Lipinski definition) is 3. The number of rotatable bonds is 11. The van der Waals surface area contributed by atoms with Crippen LogP contribution in [0.1, 0.15) is 13.8 Å². The molecule has 2 aromatic carbocycles. The molecule has 2 aliphatic heterocycles. The summed E-state index contributed by atoms with van der Waals surface area (Å²) < 4.78 is 27.2. The number of sulfonamides is 1. The van der Waals surface area contributed by atoms with Gasteiger partial charge in [-0.3, -0.25) is 19.3 Å². The van der Waals surface area contributed by atoms with Crippen LogP contribution >= 0.6 is 11.8 Å². The van der Waals surface area contributed by atoms with E-state index in [4.69, 9.17) is 0 Å². The van der Waals surface area contributed by atoms with Gasteiger partial charge in [0.15, 0.2) is 0 Å². The molecule has 3 fully saturated rings. The Balaban J connectivity index is 1.13. The smallest absolute Gasteiger partial charge is 0.243 e. The van der Waals surface area contributed by atoms with Gasteiger partial charge in [0.1, 0.15) is 10.1 Å². The maximum Gasteiger partial charge on any atom is 0.243 e. The maximum atomic E-state index is 13.3. The number of thioether (sulfide) groups is 1. The minimum Gasteiger partial charge on any atom is -0.383 e. The zero-order valence-corrected chi connectivity index (χ0v) is 26.4. The van der Waals surface area contributed by atoms with Crippen molar-refractivity contribution in [2.45, 2.75) is 28.9 Å². The normalized spacial score (nSPS) is 25.4. The van der Waals surface area contributed by atoms with Gasteiger partial charge in [-0.1, -0.05) is 24.3 Å². The molecule has 0 aromatic heterocycles. The van der Waals surface area contributed by atoms with Gasteiger partial charge < -0.3 is 20.9 Å². The maximum absolute atomic E-state index is 13.3. The second kappa shape index (κ2) is 13.2. The number of nitrogens with one attached hydrogen (secondary N) is 3. The molecule has 1 saturated carbocycles. The first-order valence-corrected chi connectivity index (χ1v) is 17.1. The fraction of sp³-hybridized carbons (Fsp3) is 0.467. The zero-order valence-electron chi connectivity index (χ0n) is 24.7. The van der Waals surface area contributed by atoms with Gasteiger partial charge in [-0.05, 0) is 44.2 Å². The lowest BCUT2D eigenvalue weighted by Crippen LogP contribution is -2.50. The monoisotopic (exact) mass is 639 g/mol. The molecule has 0 radical (unpaired) electrons. The lowest BCUT2D eigenvalue weighted by Gasteiger charge is -2.33. The fourth-order valence-electron chi connectivity index (χ4n) is 6.04. The van der Waals surface area contributed by atoms with Gasteiger partial charge in [0.2, 0.25) is 27.7 Å². The molecule has 1 aliphatic carbocycles. The standard InChI is InChI=1S/C30H37N7O5S2/c1-3-32-28(39)27-24(18-31)30(27)37(4-2)29(40)25(43-30)19-33-21-9-8-10-22(17-21)34-26(38)20-35-13-15-36(16-14-35)44(41,42)23-11-6-5-7-12-23/h5-12,17,24-25,27,33H,3-4,13-16,19-20H2,1-2H3,(H,32,39)(H,34,38)/t24?,25?,27-,30?/m1/s1. The van der Waals surface area contributed by atoms with Crippen LogP contribution in [-0.2, 0) is 24.4 Å². The third-order valence-electron chi connectivity index (χ3n) is 8.22. The summed E-state index contributed by atoms with van der Waals surface area (Å²) >= 11 is 1.38. The van der Waals surface area contributed by atoms with Crippen LogP contribution in [0.25, 0.3) is 0 Å². The van der Waals surface area contributed by atoms with Crippen LogP contribution in [0.15, 0.2) is 59.5 Å². The van der Waals surface area contributed by atoms with Crippen LogP contribution in [0, 0.1) is 23.2 Å². The molecule has 12 nitrogen and oxygen atoms in total. The van der Waals surface area contributed by atoms with E-state index in [1.807, 2.05) is 24.8 Å². The number of piperazine rings is 1. The van der Waals surface area contributed by atoms with E-state index >= 15 is 0 Å². The molecule has 5 rings (SSSR count). The fourth-order valence-corrected chi connectivity index (χ4v) is 9.33. The molecule has 2 heterocycles. The average Bonchev–Trinajstić information content (AvgIpc) is 3.58. The molecule has 234 valence electrons. The summed E-state index contributed by atoms with van der Waals surface area (Å²) in [6.45, 7) is 6.48. The molecule has 3 aliphatic rings. The second-order valence-corrected chi connectivity index (χ2v) is 14.3. The Morgan fingerprint density at radius 2 is 1.75 bits per heavy atom. The number of anilines is 2. The minimum absolute atomic E-state index is 0.0989. The van der Waals surface area contributed by atoms with Crippen molar-refractivity contribution >= 4 is 50.9 Å². The Morgan fingerprint density at radius 3 is 2.41 bits per heavy atom. The van der Waals surface area contributed by atoms with Crippen LogP contribution in [0.5, 0.6) is 0 Å². The molecule has 3 amide bonds. The minimum atomic E-state index is -3.56. The molecule has 14 heteroatoms. The highest BCUT2D eigenvalue weighted by atomic mass is 32.2. The van der Waals surface area contributed by atoms with Crippen molar-refractivity contribution in [1.29, 1.82) is 5.26 Å². The van der Waals surface area contributed by atoms with E-state index in [0.717, 1.165) is 0 Å². The van der Waals surface area contributed by atoms with E-state index in [1.54, 1.807) is 53.4 Å². The number of nitrogens with zero attached hydrogens (tertiary/aromatic N) is 4. The lowest BCUT2D eigenvalue weighted by atomic mass is 10.2.